The Bertz CT molecular complexity index is 1000. The maximum atomic E-state index is 12.2. The van der Waals surface area contributed by atoms with E-state index < -0.39 is 0 Å². The molecule has 1 aromatic carbocycles. The number of piperidine rings is 1. The fourth-order valence-electron chi connectivity index (χ4n) is 4.00. The van der Waals surface area contributed by atoms with Crippen LogP contribution in [0.5, 0.6) is 0 Å². The summed E-state index contributed by atoms with van der Waals surface area (Å²) in [5.74, 6) is 1.18. The van der Waals surface area contributed by atoms with Gasteiger partial charge in [0.2, 0.25) is 0 Å². The Labute approximate surface area is 170 Å². The zero-order valence-corrected chi connectivity index (χ0v) is 16.7. The van der Waals surface area contributed by atoms with E-state index in [1.165, 1.54) is 24.5 Å². The van der Waals surface area contributed by atoms with Gasteiger partial charge in [-0.3, -0.25) is 14.7 Å². The lowest BCUT2D eigenvalue weighted by Crippen LogP contribution is -2.36. The summed E-state index contributed by atoms with van der Waals surface area (Å²) in [6, 6.07) is 13.5. The molecule has 0 unspecified atom stereocenters. The van der Waals surface area contributed by atoms with Crippen LogP contribution in [-0.4, -0.2) is 46.7 Å². The molecule has 0 amide bonds. The molecule has 1 fully saturated rings. The third kappa shape index (κ3) is 4.96. The predicted octanol–water partition coefficient (Wildman–Crippen LogP) is 3.36. The van der Waals surface area contributed by atoms with Crippen LogP contribution in [0.3, 0.4) is 0 Å². The van der Waals surface area contributed by atoms with Gasteiger partial charge in [0.15, 0.2) is 0 Å². The average Bonchev–Trinajstić information content (AvgIpc) is 2.75. The van der Waals surface area contributed by atoms with Crippen molar-refractivity contribution >= 4 is 0 Å². The number of nitrogens with one attached hydrogen (secondary N) is 1. The minimum atomic E-state index is -0.169. The molecule has 4 rings (SSSR count). The lowest BCUT2D eigenvalue weighted by atomic mass is 9.98. The minimum absolute atomic E-state index is 0.169. The maximum absolute atomic E-state index is 12.2. The van der Waals surface area contributed by atoms with Crippen LogP contribution in [0.15, 0.2) is 59.7 Å². The molecule has 3 aromatic rings. The van der Waals surface area contributed by atoms with Crippen LogP contribution in [0, 0.1) is 5.92 Å². The number of H-pyrrole nitrogens is 1. The van der Waals surface area contributed by atoms with E-state index in [9.17, 15) is 4.79 Å². The molecule has 0 bridgehead atoms. The summed E-state index contributed by atoms with van der Waals surface area (Å²) in [6.45, 7) is 3.88. The third-order valence-corrected chi connectivity index (χ3v) is 5.31. The lowest BCUT2D eigenvalue weighted by molar-refractivity contribution is 0.0874. The van der Waals surface area contributed by atoms with Gasteiger partial charge in [-0.25, -0.2) is 4.98 Å². The van der Waals surface area contributed by atoms with E-state index in [2.05, 4.69) is 32.0 Å². The molecule has 3 heterocycles. The molecular formula is C23H26N4O2. The molecule has 0 saturated carbocycles. The first kappa shape index (κ1) is 19.5. The molecular weight excluding hydrogens is 364 g/mol. The van der Waals surface area contributed by atoms with Crippen LogP contribution in [-0.2, 0) is 11.3 Å². The molecule has 1 aliphatic rings. The third-order valence-electron chi connectivity index (χ3n) is 5.31. The van der Waals surface area contributed by atoms with E-state index in [1.807, 2.05) is 24.3 Å². The molecule has 2 aromatic heterocycles. The van der Waals surface area contributed by atoms with Gasteiger partial charge in [-0.1, -0.05) is 18.2 Å². The summed E-state index contributed by atoms with van der Waals surface area (Å²) < 4.78 is 5.34. The van der Waals surface area contributed by atoms with Crippen molar-refractivity contribution in [1.29, 1.82) is 0 Å². The van der Waals surface area contributed by atoms with Crippen molar-refractivity contribution in [1.82, 2.24) is 19.9 Å². The van der Waals surface area contributed by atoms with Crippen LogP contribution in [0.25, 0.3) is 22.6 Å². The summed E-state index contributed by atoms with van der Waals surface area (Å²) in [6.07, 6.45) is 5.86. The molecule has 6 nitrogen and oxygen atoms in total. The van der Waals surface area contributed by atoms with Crippen molar-refractivity contribution in [3.63, 3.8) is 0 Å². The molecule has 1 aliphatic heterocycles. The van der Waals surface area contributed by atoms with E-state index in [-0.39, 0.29) is 5.56 Å². The second kappa shape index (κ2) is 9.11. The van der Waals surface area contributed by atoms with Gasteiger partial charge in [-0.15, -0.1) is 0 Å². The smallest absolute Gasteiger partial charge is 0.251 e. The number of benzene rings is 1. The van der Waals surface area contributed by atoms with Crippen molar-refractivity contribution in [2.24, 2.45) is 5.92 Å². The molecule has 29 heavy (non-hydrogen) atoms. The minimum Gasteiger partial charge on any atom is -0.384 e. The summed E-state index contributed by atoms with van der Waals surface area (Å²) in [5.41, 5.74) is 3.41. The molecule has 1 atom stereocenters. The highest BCUT2D eigenvalue weighted by molar-refractivity contribution is 5.63. The fraction of sp³-hybridized carbons (Fsp3) is 0.348. The van der Waals surface area contributed by atoms with E-state index >= 15 is 0 Å². The highest BCUT2D eigenvalue weighted by atomic mass is 16.5. The topological polar surface area (TPSA) is 71.1 Å². The Balaban J connectivity index is 1.56. The van der Waals surface area contributed by atoms with Gasteiger partial charge in [-0.05, 0) is 49.1 Å². The Morgan fingerprint density at radius 2 is 2.10 bits per heavy atom. The van der Waals surface area contributed by atoms with Gasteiger partial charge in [0.1, 0.15) is 5.82 Å². The number of likely N-dealkylation sites (tertiary alicyclic amines) is 1. The molecule has 0 spiro atoms. The quantitative estimate of drug-likeness (QED) is 0.699. The first-order valence-electron chi connectivity index (χ1n) is 10.0. The Kier molecular flexibility index (Phi) is 6.12. The van der Waals surface area contributed by atoms with Crippen LogP contribution in [0.2, 0.25) is 0 Å². The van der Waals surface area contributed by atoms with E-state index in [0.29, 0.717) is 17.4 Å². The SMILES string of the molecule is COC[C@@H]1CCCN(Cc2cccc(-c3nc(-c4cccnc4)cc(=O)[nH]3)c2)C1. The summed E-state index contributed by atoms with van der Waals surface area (Å²) in [5, 5.41) is 0. The number of methoxy groups -OCH3 is 1. The number of rotatable bonds is 6. The monoisotopic (exact) mass is 390 g/mol. The zero-order chi connectivity index (χ0) is 20.1. The maximum Gasteiger partial charge on any atom is 0.251 e. The zero-order valence-electron chi connectivity index (χ0n) is 16.7. The highest BCUT2D eigenvalue weighted by Crippen LogP contribution is 2.22. The second-order valence-corrected chi connectivity index (χ2v) is 7.62. The van der Waals surface area contributed by atoms with Gasteiger partial charge in [0.25, 0.3) is 5.56 Å². The van der Waals surface area contributed by atoms with E-state index in [0.717, 1.165) is 37.4 Å². The highest BCUT2D eigenvalue weighted by Gasteiger charge is 2.20. The lowest BCUT2D eigenvalue weighted by Gasteiger charge is -2.32. The average molecular weight is 390 g/mol. The number of aromatic nitrogens is 3. The number of pyridine rings is 1. The Morgan fingerprint density at radius 3 is 2.93 bits per heavy atom. The molecule has 1 saturated heterocycles. The van der Waals surface area contributed by atoms with E-state index in [4.69, 9.17) is 4.74 Å². The molecule has 1 N–H and O–H groups in total. The number of nitrogens with zero attached hydrogens (tertiary/aromatic N) is 3. The van der Waals surface area contributed by atoms with Gasteiger partial charge in [-0.2, -0.15) is 0 Å². The first-order chi connectivity index (χ1) is 14.2. The van der Waals surface area contributed by atoms with E-state index in [1.54, 1.807) is 19.5 Å². The molecule has 6 heteroatoms. The summed E-state index contributed by atoms with van der Waals surface area (Å²) in [4.78, 5) is 26.4. The van der Waals surface area contributed by atoms with Crippen LogP contribution >= 0.6 is 0 Å². The Hall–Kier alpha value is -2.83. The van der Waals surface area contributed by atoms with Crippen LogP contribution < -0.4 is 5.56 Å². The largest absolute Gasteiger partial charge is 0.384 e. The van der Waals surface area contributed by atoms with Crippen molar-refractivity contribution in [3.05, 3.63) is 70.8 Å². The standard InChI is InChI=1S/C23H26N4O2/c1-29-16-18-6-4-10-27(15-18)14-17-5-2-7-19(11-17)23-25-21(12-22(28)26-23)20-8-3-9-24-13-20/h2-3,5,7-9,11-13,18H,4,6,10,14-16H2,1H3,(H,25,26,28)/t18-/m1/s1. The van der Waals surface area contributed by atoms with Gasteiger partial charge >= 0.3 is 0 Å². The van der Waals surface area contributed by atoms with Crippen molar-refractivity contribution in [3.8, 4) is 22.6 Å². The normalized spacial score (nSPS) is 17.3. The summed E-state index contributed by atoms with van der Waals surface area (Å²) in [7, 11) is 1.77. The molecule has 0 aliphatic carbocycles. The van der Waals surface area contributed by atoms with Gasteiger partial charge in [0, 0.05) is 49.8 Å². The van der Waals surface area contributed by atoms with Gasteiger partial charge < -0.3 is 9.72 Å². The number of aromatic amines is 1. The number of hydrogen-bond donors (Lipinski definition) is 1. The van der Waals surface area contributed by atoms with Crippen LogP contribution in [0.1, 0.15) is 18.4 Å². The van der Waals surface area contributed by atoms with Crippen molar-refractivity contribution in [2.75, 3.05) is 26.8 Å². The molecule has 0 radical (unpaired) electrons. The summed E-state index contributed by atoms with van der Waals surface area (Å²) >= 11 is 0. The van der Waals surface area contributed by atoms with Gasteiger partial charge in [0.05, 0.1) is 12.3 Å². The number of ether oxygens (including phenoxy) is 1. The fourth-order valence-corrected chi connectivity index (χ4v) is 4.00. The van der Waals surface area contributed by atoms with Crippen molar-refractivity contribution in [2.45, 2.75) is 19.4 Å². The molecule has 150 valence electrons. The first-order valence-corrected chi connectivity index (χ1v) is 10.0. The van der Waals surface area contributed by atoms with Crippen molar-refractivity contribution < 1.29 is 4.74 Å². The second-order valence-electron chi connectivity index (χ2n) is 7.62. The number of hydrogen-bond acceptors (Lipinski definition) is 5. The predicted molar refractivity (Wildman–Crippen MR) is 113 cm³/mol. The van der Waals surface area contributed by atoms with Crippen LogP contribution in [0.4, 0.5) is 0 Å². The Morgan fingerprint density at radius 1 is 1.21 bits per heavy atom.